The Morgan fingerprint density at radius 2 is 2.12 bits per heavy atom. The zero-order chi connectivity index (χ0) is 12.1. The fourth-order valence-corrected chi connectivity index (χ4v) is 1.83. The molecule has 0 saturated carbocycles. The molecule has 5 heteroatoms. The van der Waals surface area contributed by atoms with E-state index in [1.54, 1.807) is 6.07 Å². The number of nitrogens with zero attached hydrogens (tertiary/aromatic N) is 1. The molecule has 0 fully saturated rings. The zero-order valence-corrected chi connectivity index (χ0v) is 10.9. The van der Waals surface area contributed by atoms with E-state index in [-0.39, 0.29) is 0 Å². The monoisotopic (exact) mass is 262 g/mol. The number of nitrogens with one attached hydrogen (secondary N) is 1. The summed E-state index contributed by atoms with van der Waals surface area (Å²) in [5, 5.41) is 13.6. The highest BCUT2D eigenvalue weighted by Gasteiger charge is 2.08. The molecule has 1 aromatic heterocycles. The predicted molar refractivity (Wildman–Crippen MR) is 68.2 cm³/mol. The summed E-state index contributed by atoms with van der Waals surface area (Å²) in [7, 11) is 0. The van der Waals surface area contributed by atoms with E-state index in [9.17, 15) is 5.11 Å². The summed E-state index contributed by atoms with van der Waals surface area (Å²) in [5.41, 5.74) is 0. The van der Waals surface area contributed by atoms with Crippen molar-refractivity contribution in [2.45, 2.75) is 26.4 Å². The molecule has 3 nitrogen and oxygen atoms in total. The lowest BCUT2D eigenvalue weighted by Crippen LogP contribution is -2.21. The summed E-state index contributed by atoms with van der Waals surface area (Å²) in [6, 6.07) is 1.62. The fraction of sp³-hybridized carbons (Fsp3) is 0.545. The van der Waals surface area contributed by atoms with Gasteiger partial charge in [0.2, 0.25) is 0 Å². The fourth-order valence-electron chi connectivity index (χ4n) is 1.39. The molecule has 0 radical (unpaired) electrons. The molecule has 1 rings (SSSR count). The van der Waals surface area contributed by atoms with Crippen molar-refractivity contribution in [3.63, 3.8) is 0 Å². The molecule has 90 valence electrons. The Hall–Kier alpha value is -0.510. The second kappa shape index (κ2) is 6.28. The van der Waals surface area contributed by atoms with Crippen molar-refractivity contribution in [2.24, 2.45) is 5.92 Å². The largest absolute Gasteiger partial charge is 0.391 e. The summed E-state index contributed by atoms with van der Waals surface area (Å²) in [6.45, 7) is 4.57. The van der Waals surface area contributed by atoms with E-state index in [4.69, 9.17) is 23.2 Å². The van der Waals surface area contributed by atoms with Crippen LogP contribution in [0.2, 0.25) is 10.0 Å². The Morgan fingerprint density at radius 1 is 1.44 bits per heavy atom. The Bertz CT molecular complexity index is 345. The zero-order valence-electron chi connectivity index (χ0n) is 9.37. The third kappa shape index (κ3) is 4.56. The number of aliphatic hydroxyl groups is 1. The van der Waals surface area contributed by atoms with Crippen LogP contribution in [0, 0.1) is 5.92 Å². The van der Waals surface area contributed by atoms with Crippen LogP contribution in [0.1, 0.15) is 20.3 Å². The van der Waals surface area contributed by atoms with Gasteiger partial charge in [0, 0.05) is 12.7 Å². The minimum Gasteiger partial charge on any atom is -0.391 e. The quantitative estimate of drug-likeness (QED) is 0.857. The van der Waals surface area contributed by atoms with Gasteiger partial charge in [0.1, 0.15) is 5.82 Å². The topological polar surface area (TPSA) is 45.1 Å². The minimum absolute atomic E-state index is 0.395. The number of pyridine rings is 1. The number of anilines is 1. The van der Waals surface area contributed by atoms with Gasteiger partial charge in [-0.05, 0) is 18.4 Å². The first-order valence-corrected chi connectivity index (χ1v) is 5.97. The van der Waals surface area contributed by atoms with Crippen LogP contribution in [0.3, 0.4) is 0 Å². The highest BCUT2D eigenvalue weighted by atomic mass is 35.5. The average molecular weight is 263 g/mol. The number of aliphatic hydroxyl groups excluding tert-OH is 1. The maximum absolute atomic E-state index is 9.67. The van der Waals surface area contributed by atoms with Gasteiger partial charge < -0.3 is 10.4 Å². The molecule has 16 heavy (non-hydrogen) atoms. The van der Waals surface area contributed by atoms with Crippen molar-refractivity contribution < 1.29 is 5.11 Å². The summed E-state index contributed by atoms with van der Waals surface area (Å²) in [4.78, 5) is 4.04. The molecule has 0 aliphatic rings. The molecule has 2 N–H and O–H groups in total. The van der Waals surface area contributed by atoms with Gasteiger partial charge in [-0.2, -0.15) is 0 Å². The van der Waals surface area contributed by atoms with Gasteiger partial charge in [-0.3, -0.25) is 0 Å². The van der Waals surface area contributed by atoms with E-state index >= 15 is 0 Å². The lowest BCUT2D eigenvalue weighted by Gasteiger charge is -2.14. The Morgan fingerprint density at radius 3 is 2.69 bits per heavy atom. The standard InChI is InChI=1S/C11H16Cl2N2O/c1-7(2)3-9(16)6-15-11-10(13)4-8(12)5-14-11/h4-5,7,9,16H,3,6H2,1-2H3,(H,14,15). The second-order valence-electron chi connectivity index (χ2n) is 4.15. The molecule has 0 aliphatic heterocycles. The lowest BCUT2D eigenvalue weighted by atomic mass is 10.1. The highest BCUT2D eigenvalue weighted by Crippen LogP contribution is 2.22. The molecular formula is C11H16Cl2N2O. The van der Waals surface area contributed by atoms with Crippen molar-refractivity contribution in [3.8, 4) is 0 Å². The van der Waals surface area contributed by atoms with Crippen molar-refractivity contribution in [1.82, 2.24) is 4.98 Å². The number of halogens is 2. The second-order valence-corrected chi connectivity index (χ2v) is 4.99. The van der Waals surface area contributed by atoms with Crippen molar-refractivity contribution >= 4 is 29.0 Å². The van der Waals surface area contributed by atoms with E-state index in [0.717, 1.165) is 6.42 Å². The normalized spacial score (nSPS) is 12.9. The van der Waals surface area contributed by atoms with E-state index in [2.05, 4.69) is 24.1 Å². The van der Waals surface area contributed by atoms with Crippen LogP contribution >= 0.6 is 23.2 Å². The molecule has 1 atom stereocenters. The molecule has 0 spiro atoms. The van der Waals surface area contributed by atoms with E-state index in [1.165, 1.54) is 6.20 Å². The summed E-state index contributed by atoms with van der Waals surface area (Å²) in [6.07, 6.45) is 1.87. The Kier molecular flexibility index (Phi) is 5.32. The Balaban J connectivity index is 2.48. The van der Waals surface area contributed by atoms with Crippen LogP contribution in [-0.2, 0) is 0 Å². The van der Waals surface area contributed by atoms with Gasteiger partial charge in [-0.1, -0.05) is 37.0 Å². The average Bonchev–Trinajstić information content (AvgIpc) is 2.15. The van der Waals surface area contributed by atoms with Crippen LogP contribution in [0.15, 0.2) is 12.3 Å². The van der Waals surface area contributed by atoms with Crippen LogP contribution in [0.4, 0.5) is 5.82 Å². The van der Waals surface area contributed by atoms with Crippen molar-refractivity contribution in [3.05, 3.63) is 22.3 Å². The first-order valence-electron chi connectivity index (χ1n) is 5.22. The number of rotatable bonds is 5. The number of hydrogen-bond acceptors (Lipinski definition) is 3. The highest BCUT2D eigenvalue weighted by molar-refractivity contribution is 6.35. The molecule has 1 aromatic rings. The minimum atomic E-state index is -0.395. The van der Waals surface area contributed by atoms with Gasteiger partial charge >= 0.3 is 0 Å². The molecular weight excluding hydrogens is 247 g/mol. The van der Waals surface area contributed by atoms with Gasteiger partial charge in [0.05, 0.1) is 16.1 Å². The molecule has 1 unspecified atom stereocenters. The van der Waals surface area contributed by atoms with Crippen LogP contribution < -0.4 is 5.32 Å². The molecule has 0 aliphatic carbocycles. The first-order chi connectivity index (χ1) is 7.49. The summed E-state index contributed by atoms with van der Waals surface area (Å²) >= 11 is 11.7. The van der Waals surface area contributed by atoms with E-state index in [0.29, 0.717) is 28.3 Å². The molecule has 0 aromatic carbocycles. The molecule has 1 heterocycles. The van der Waals surface area contributed by atoms with Crippen LogP contribution in [-0.4, -0.2) is 22.7 Å². The third-order valence-electron chi connectivity index (χ3n) is 2.06. The third-order valence-corrected chi connectivity index (χ3v) is 2.55. The predicted octanol–water partition coefficient (Wildman–Crippen LogP) is 3.21. The first kappa shape index (κ1) is 13.6. The van der Waals surface area contributed by atoms with Crippen LogP contribution in [0.5, 0.6) is 0 Å². The maximum Gasteiger partial charge on any atom is 0.144 e. The lowest BCUT2D eigenvalue weighted by molar-refractivity contribution is 0.161. The van der Waals surface area contributed by atoms with Crippen LogP contribution in [0.25, 0.3) is 0 Å². The SMILES string of the molecule is CC(C)CC(O)CNc1ncc(Cl)cc1Cl. The molecule has 0 amide bonds. The van der Waals surface area contributed by atoms with E-state index < -0.39 is 6.10 Å². The molecule has 0 saturated heterocycles. The van der Waals surface area contributed by atoms with Gasteiger partial charge in [-0.15, -0.1) is 0 Å². The summed E-state index contributed by atoms with van der Waals surface area (Å²) < 4.78 is 0. The van der Waals surface area contributed by atoms with Gasteiger partial charge in [0.15, 0.2) is 0 Å². The number of aromatic nitrogens is 1. The van der Waals surface area contributed by atoms with Gasteiger partial charge in [-0.25, -0.2) is 4.98 Å². The van der Waals surface area contributed by atoms with Gasteiger partial charge in [0.25, 0.3) is 0 Å². The maximum atomic E-state index is 9.67. The Labute approximate surface area is 106 Å². The summed E-state index contributed by atoms with van der Waals surface area (Å²) in [5.74, 6) is 1.01. The number of hydrogen-bond donors (Lipinski definition) is 2. The van der Waals surface area contributed by atoms with E-state index in [1.807, 2.05) is 0 Å². The molecule has 0 bridgehead atoms. The smallest absolute Gasteiger partial charge is 0.144 e. The van der Waals surface area contributed by atoms with Crippen molar-refractivity contribution in [2.75, 3.05) is 11.9 Å². The van der Waals surface area contributed by atoms with Crippen molar-refractivity contribution in [1.29, 1.82) is 0 Å².